The summed E-state index contributed by atoms with van der Waals surface area (Å²) in [7, 11) is 0. The molecule has 1 fully saturated rings. The SMILES string of the molecule is NC1=Nc2cnc(C(=O)O)cc2[C@H]2COCCN12. The van der Waals surface area contributed by atoms with Gasteiger partial charge in [-0.15, -0.1) is 0 Å². The third kappa shape index (κ3) is 1.60. The lowest BCUT2D eigenvalue weighted by Crippen LogP contribution is -2.48. The number of hydrogen-bond acceptors (Lipinski definition) is 6. The Kier molecular flexibility index (Phi) is 2.41. The summed E-state index contributed by atoms with van der Waals surface area (Å²) in [5.74, 6) is -0.621. The van der Waals surface area contributed by atoms with Gasteiger partial charge >= 0.3 is 5.97 Å². The van der Waals surface area contributed by atoms with Crippen molar-refractivity contribution in [2.75, 3.05) is 19.8 Å². The fourth-order valence-corrected chi connectivity index (χ4v) is 2.26. The molecule has 18 heavy (non-hydrogen) atoms. The van der Waals surface area contributed by atoms with Crippen LogP contribution in [0.25, 0.3) is 0 Å². The lowest BCUT2D eigenvalue weighted by molar-refractivity contribution is 0.0240. The fraction of sp³-hybridized carbons (Fsp3) is 0.364. The van der Waals surface area contributed by atoms with Gasteiger partial charge in [0.05, 0.1) is 31.1 Å². The number of aromatic carboxylic acids is 1. The van der Waals surface area contributed by atoms with E-state index in [4.69, 9.17) is 15.6 Å². The van der Waals surface area contributed by atoms with Gasteiger partial charge in [-0.2, -0.15) is 0 Å². The number of fused-ring (bicyclic) bond motifs is 3. The number of carboxylic acid groups (broad SMARTS) is 1. The molecule has 94 valence electrons. The molecule has 0 unspecified atom stereocenters. The van der Waals surface area contributed by atoms with E-state index >= 15 is 0 Å². The summed E-state index contributed by atoms with van der Waals surface area (Å²) in [5.41, 5.74) is 7.30. The number of nitrogens with zero attached hydrogens (tertiary/aromatic N) is 3. The van der Waals surface area contributed by atoms with E-state index in [2.05, 4.69) is 9.98 Å². The molecule has 1 saturated heterocycles. The Morgan fingerprint density at radius 3 is 3.22 bits per heavy atom. The lowest BCUT2D eigenvalue weighted by Gasteiger charge is -2.39. The van der Waals surface area contributed by atoms with Crippen molar-refractivity contribution in [3.05, 3.63) is 23.5 Å². The van der Waals surface area contributed by atoms with Gasteiger partial charge in [-0.05, 0) is 6.07 Å². The van der Waals surface area contributed by atoms with Crippen molar-refractivity contribution in [2.24, 2.45) is 10.7 Å². The Bertz CT molecular complexity index is 543. The minimum absolute atomic E-state index is 0.00921. The summed E-state index contributed by atoms with van der Waals surface area (Å²) in [4.78, 5) is 21.0. The van der Waals surface area contributed by atoms with Crippen molar-refractivity contribution in [2.45, 2.75) is 6.04 Å². The van der Waals surface area contributed by atoms with Gasteiger partial charge < -0.3 is 20.5 Å². The number of aliphatic imine (C=N–C) groups is 1. The van der Waals surface area contributed by atoms with Crippen LogP contribution in [-0.4, -0.2) is 46.7 Å². The summed E-state index contributed by atoms with van der Waals surface area (Å²) in [6.45, 7) is 1.73. The molecule has 0 bridgehead atoms. The summed E-state index contributed by atoms with van der Waals surface area (Å²) in [5, 5.41) is 8.97. The molecule has 0 amide bonds. The van der Waals surface area contributed by atoms with Gasteiger partial charge in [0.15, 0.2) is 5.96 Å². The number of pyridine rings is 1. The van der Waals surface area contributed by atoms with Crippen molar-refractivity contribution in [1.29, 1.82) is 0 Å². The molecular weight excluding hydrogens is 236 g/mol. The highest BCUT2D eigenvalue weighted by molar-refractivity contribution is 5.88. The first kappa shape index (κ1) is 11.0. The van der Waals surface area contributed by atoms with E-state index in [9.17, 15) is 4.79 Å². The zero-order chi connectivity index (χ0) is 12.7. The maximum Gasteiger partial charge on any atom is 0.354 e. The van der Waals surface area contributed by atoms with Crippen LogP contribution in [0, 0.1) is 0 Å². The minimum atomic E-state index is -1.05. The number of nitrogens with two attached hydrogens (primary N) is 1. The first-order valence-electron chi connectivity index (χ1n) is 5.58. The number of rotatable bonds is 1. The molecule has 7 nitrogen and oxygen atoms in total. The molecule has 2 aliphatic rings. The molecule has 0 aliphatic carbocycles. The van der Waals surface area contributed by atoms with E-state index in [1.54, 1.807) is 6.07 Å². The number of guanidine groups is 1. The predicted molar refractivity (Wildman–Crippen MR) is 62.7 cm³/mol. The highest BCUT2D eigenvalue weighted by Crippen LogP contribution is 2.35. The molecule has 2 aliphatic heterocycles. The second-order valence-corrected chi connectivity index (χ2v) is 4.19. The highest BCUT2D eigenvalue weighted by atomic mass is 16.5. The first-order chi connectivity index (χ1) is 8.66. The van der Waals surface area contributed by atoms with Gasteiger partial charge in [-0.3, -0.25) is 0 Å². The van der Waals surface area contributed by atoms with Crippen molar-refractivity contribution in [3.63, 3.8) is 0 Å². The Labute approximate surface area is 103 Å². The number of hydrogen-bond donors (Lipinski definition) is 2. The van der Waals surface area contributed by atoms with Gasteiger partial charge in [-0.25, -0.2) is 14.8 Å². The Morgan fingerprint density at radius 2 is 2.44 bits per heavy atom. The van der Waals surface area contributed by atoms with Gasteiger partial charge in [0, 0.05) is 12.1 Å². The third-order valence-corrected chi connectivity index (χ3v) is 3.15. The maximum absolute atomic E-state index is 10.9. The van der Waals surface area contributed by atoms with E-state index in [1.165, 1.54) is 6.20 Å². The number of morpholine rings is 1. The maximum atomic E-state index is 10.9. The van der Waals surface area contributed by atoms with Crippen LogP contribution in [0.5, 0.6) is 0 Å². The van der Waals surface area contributed by atoms with Gasteiger partial charge in [0.25, 0.3) is 0 Å². The molecule has 1 aromatic heterocycles. The molecule has 1 aromatic rings. The van der Waals surface area contributed by atoms with E-state index in [0.29, 0.717) is 31.4 Å². The lowest BCUT2D eigenvalue weighted by atomic mass is 10.0. The van der Waals surface area contributed by atoms with Crippen LogP contribution in [0.4, 0.5) is 5.69 Å². The number of ether oxygens (including phenoxy) is 1. The number of carbonyl (C=O) groups is 1. The van der Waals surface area contributed by atoms with E-state index in [0.717, 1.165) is 5.56 Å². The van der Waals surface area contributed by atoms with Gasteiger partial charge in [0.1, 0.15) is 5.69 Å². The monoisotopic (exact) mass is 248 g/mol. The molecule has 0 spiro atoms. The first-order valence-corrected chi connectivity index (χ1v) is 5.58. The molecule has 3 N–H and O–H groups in total. The molecule has 1 atom stereocenters. The molecule has 0 saturated carbocycles. The zero-order valence-electron chi connectivity index (χ0n) is 9.54. The van der Waals surface area contributed by atoms with Crippen LogP contribution >= 0.6 is 0 Å². The van der Waals surface area contributed by atoms with E-state index < -0.39 is 5.97 Å². The van der Waals surface area contributed by atoms with Gasteiger partial charge in [-0.1, -0.05) is 0 Å². The van der Waals surface area contributed by atoms with Crippen LogP contribution in [0.15, 0.2) is 17.3 Å². The molecule has 3 rings (SSSR count). The highest BCUT2D eigenvalue weighted by Gasteiger charge is 2.32. The van der Waals surface area contributed by atoms with Crippen LogP contribution in [0.2, 0.25) is 0 Å². The van der Waals surface area contributed by atoms with Crippen molar-refractivity contribution in [1.82, 2.24) is 9.88 Å². The summed E-state index contributed by atoms with van der Waals surface area (Å²) in [6, 6.07) is 1.47. The Morgan fingerprint density at radius 1 is 1.61 bits per heavy atom. The second-order valence-electron chi connectivity index (χ2n) is 4.19. The van der Waals surface area contributed by atoms with Crippen molar-refractivity contribution in [3.8, 4) is 0 Å². The smallest absolute Gasteiger partial charge is 0.354 e. The molecule has 7 heteroatoms. The molecule has 3 heterocycles. The van der Waals surface area contributed by atoms with Crippen LogP contribution in [-0.2, 0) is 4.74 Å². The zero-order valence-corrected chi connectivity index (χ0v) is 9.54. The van der Waals surface area contributed by atoms with Crippen LogP contribution in [0.3, 0.4) is 0 Å². The van der Waals surface area contributed by atoms with E-state index in [1.807, 2.05) is 4.90 Å². The normalized spacial score (nSPS) is 21.9. The van der Waals surface area contributed by atoms with Gasteiger partial charge in [0.2, 0.25) is 0 Å². The third-order valence-electron chi connectivity index (χ3n) is 3.15. The quantitative estimate of drug-likeness (QED) is 0.731. The average molecular weight is 248 g/mol. The molecule has 0 radical (unpaired) electrons. The summed E-state index contributed by atoms with van der Waals surface area (Å²) >= 11 is 0. The van der Waals surface area contributed by atoms with Crippen LogP contribution < -0.4 is 5.73 Å². The Hall–Kier alpha value is -2.15. The summed E-state index contributed by atoms with van der Waals surface area (Å²) < 4.78 is 5.42. The van der Waals surface area contributed by atoms with E-state index in [-0.39, 0.29) is 11.7 Å². The van der Waals surface area contributed by atoms with Crippen molar-refractivity contribution < 1.29 is 14.6 Å². The van der Waals surface area contributed by atoms with Crippen molar-refractivity contribution >= 4 is 17.6 Å². The molecular formula is C11H12N4O3. The minimum Gasteiger partial charge on any atom is -0.477 e. The Balaban J connectivity index is 2.10. The predicted octanol–water partition coefficient (Wildman–Crippen LogP) is 0.113. The second kappa shape index (κ2) is 3.95. The molecule has 0 aromatic carbocycles. The topological polar surface area (TPSA) is 101 Å². The number of aromatic nitrogens is 1. The van der Waals surface area contributed by atoms with Crippen LogP contribution in [0.1, 0.15) is 22.1 Å². The average Bonchev–Trinajstić information content (AvgIpc) is 2.38. The fourth-order valence-electron chi connectivity index (χ4n) is 2.26. The standard InChI is InChI=1S/C11H12N4O3/c12-11-14-8-4-13-7(10(16)17)3-6(8)9-5-18-2-1-15(9)11/h3-4,9H,1-2,5H2,(H2,12,14)(H,16,17)/t9-/m1/s1. The number of carboxylic acids is 1. The summed E-state index contributed by atoms with van der Waals surface area (Å²) in [6.07, 6.45) is 1.44. The largest absolute Gasteiger partial charge is 0.477 e.